The predicted octanol–water partition coefficient (Wildman–Crippen LogP) is 2.05. The van der Waals surface area contributed by atoms with Crippen LogP contribution < -0.4 is 4.72 Å². The van der Waals surface area contributed by atoms with Crippen molar-refractivity contribution in [3.8, 4) is 11.1 Å². The molecule has 0 bridgehead atoms. The molecule has 1 unspecified atom stereocenters. The van der Waals surface area contributed by atoms with Gasteiger partial charge in [-0.1, -0.05) is 24.3 Å². The van der Waals surface area contributed by atoms with Crippen LogP contribution >= 0.6 is 0 Å². The van der Waals surface area contributed by atoms with Gasteiger partial charge in [0.2, 0.25) is 10.0 Å². The fourth-order valence-electron chi connectivity index (χ4n) is 3.29. The van der Waals surface area contributed by atoms with Crippen molar-refractivity contribution in [1.29, 1.82) is 0 Å². The second-order valence-electron chi connectivity index (χ2n) is 6.96. The number of carboxylic acid groups (broad SMARTS) is 1. The Kier molecular flexibility index (Phi) is 6.06. The first-order chi connectivity index (χ1) is 13.6. The summed E-state index contributed by atoms with van der Waals surface area (Å²) < 4.78 is 63.7. The number of benzene rings is 2. The largest absolute Gasteiger partial charge is 0.480 e. The van der Waals surface area contributed by atoms with Crippen LogP contribution in [0.3, 0.4) is 0 Å². The third-order valence-electron chi connectivity index (χ3n) is 4.96. The summed E-state index contributed by atoms with van der Waals surface area (Å²) in [6.07, 6.45) is 0.177. The van der Waals surface area contributed by atoms with Gasteiger partial charge in [0, 0.05) is 0 Å². The number of carbonyl (C=O) groups is 1. The molecule has 3 rings (SSSR count). The first kappa shape index (κ1) is 21.4. The minimum atomic E-state index is -4.13. The van der Waals surface area contributed by atoms with E-state index in [1.165, 1.54) is 24.3 Å². The average molecular weight is 442 g/mol. The molecule has 1 aliphatic heterocycles. The van der Waals surface area contributed by atoms with Gasteiger partial charge in [0.15, 0.2) is 0 Å². The van der Waals surface area contributed by atoms with E-state index in [-0.39, 0.29) is 35.1 Å². The lowest BCUT2D eigenvalue weighted by atomic mass is 9.94. The van der Waals surface area contributed by atoms with Gasteiger partial charge in [-0.2, -0.15) is 4.72 Å². The Labute approximate surface area is 168 Å². The molecule has 0 saturated carbocycles. The number of hydrogen-bond donors (Lipinski definition) is 2. The second-order valence-corrected chi connectivity index (χ2v) is 11.0. The highest BCUT2D eigenvalue weighted by Gasteiger charge is 2.36. The van der Waals surface area contributed by atoms with E-state index in [1.54, 1.807) is 24.3 Å². The summed E-state index contributed by atoms with van der Waals surface area (Å²) in [4.78, 5) is 11.5. The van der Waals surface area contributed by atoms with Crippen molar-refractivity contribution >= 4 is 25.8 Å². The van der Waals surface area contributed by atoms with Crippen LogP contribution in [0.15, 0.2) is 53.4 Å². The van der Waals surface area contributed by atoms with Crippen LogP contribution in [-0.2, 0) is 24.7 Å². The van der Waals surface area contributed by atoms with Gasteiger partial charge in [-0.05, 0) is 54.2 Å². The summed E-state index contributed by atoms with van der Waals surface area (Å²) in [5.41, 5.74) is 1.38. The van der Waals surface area contributed by atoms with Crippen molar-refractivity contribution in [3.05, 3.63) is 54.3 Å². The van der Waals surface area contributed by atoms with Gasteiger partial charge in [-0.25, -0.2) is 21.2 Å². The van der Waals surface area contributed by atoms with E-state index in [1.807, 2.05) is 0 Å². The molecule has 1 saturated heterocycles. The van der Waals surface area contributed by atoms with Crippen LogP contribution in [0, 0.1) is 11.7 Å². The zero-order chi connectivity index (χ0) is 21.2. The third kappa shape index (κ3) is 5.20. The average Bonchev–Trinajstić information content (AvgIpc) is 2.67. The molecule has 2 aromatic carbocycles. The zero-order valence-electron chi connectivity index (χ0n) is 15.3. The molecule has 1 fully saturated rings. The maximum atomic E-state index is 13.0. The molecule has 156 valence electrons. The third-order valence-corrected chi connectivity index (χ3v) is 8.13. The number of rotatable bonds is 6. The lowest BCUT2D eigenvalue weighted by molar-refractivity contribution is -0.140. The Morgan fingerprint density at radius 3 is 1.97 bits per heavy atom. The van der Waals surface area contributed by atoms with Gasteiger partial charge in [0.05, 0.1) is 16.4 Å². The van der Waals surface area contributed by atoms with Crippen molar-refractivity contribution in [2.75, 3.05) is 11.5 Å². The van der Waals surface area contributed by atoms with E-state index in [9.17, 15) is 31.1 Å². The molecule has 1 aliphatic rings. The number of carboxylic acids is 1. The van der Waals surface area contributed by atoms with Gasteiger partial charge in [0.25, 0.3) is 0 Å². The summed E-state index contributed by atoms with van der Waals surface area (Å²) in [6, 6.07) is 10.1. The Morgan fingerprint density at radius 1 is 1.00 bits per heavy atom. The highest BCUT2D eigenvalue weighted by Crippen LogP contribution is 2.25. The molecule has 29 heavy (non-hydrogen) atoms. The Hall–Kier alpha value is -2.30. The zero-order valence-corrected chi connectivity index (χ0v) is 16.9. The Morgan fingerprint density at radius 2 is 1.48 bits per heavy atom. The van der Waals surface area contributed by atoms with Crippen LogP contribution in [0.2, 0.25) is 0 Å². The van der Waals surface area contributed by atoms with Crippen molar-refractivity contribution < 1.29 is 31.1 Å². The van der Waals surface area contributed by atoms with Gasteiger partial charge >= 0.3 is 5.97 Å². The lowest BCUT2D eigenvalue weighted by Gasteiger charge is -2.27. The Balaban J connectivity index is 1.78. The monoisotopic (exact) mass is 441 g/mol. The summed E-state index contributed by atoms with van der Waals surface area (Å²) in [5, 5.41) is 9.47. The molecule has 0 spiro atoms. The number of sulfonamides is 1. The maximum Gasteiger partial charge on any atom is 0.322 e. The smallest absolute Gasteiger partial charge is 0.322 e. The molecule has 1 atom stereocenters. The number of halogens is 1. The highest BCUT2D eigenvalue weighted by atomic mass is 32.2. The van der Waals surface area contributed by atoms with Crippen molar-refractivity contribution in [2.24, 2.45) is 5.92 Å². The first-order valence-corrected chi connectivity index (χ1v) is 12.2. The molecule has 0 amide bonds. The maximum absolute atomic E-state index is 13.0. The van der Waals surface area contributed by atoms with Gasteiger partial charge in [-0.15, -0.1) is 0 Å². The predicted molar refractivity (Wildman–Crippen MR) is 105 cm³/mol. The fraction of sp³-hybridized carbons (Fsp3) is 0.316. The number of sulfone groups is 1. The number of nitrogens with one attached hydrogen (secondary N) is 1. The number of hydrogen-bond acceptors (Lipinski definition) is 5. The Bertz CT molecular complexity index is 1080. The fourth-order valence-corrected chi connectivity index (χ4v) is 6.08. The van der Waals surface area contributed by atoms with Gasteiger partial charge in [0.1, 0.15) is 21.7 Å². The van der Waals surface area contributed by atoms with Crippen LogP contribution in [0.25, 0.3) is 11.1 Å². The van der Waals surface area contributed by atoms with Crippen molar-refractivity contribution in [2.45, 2.75) is 23.8 Å². The first-order valence-electron chi connectivity index (χ1n) is 8.89. The molecule has 0 aliphatic carbocycles. The van der Waals surface area contributed by atoms with Gasteiger partial charge < -0.3 is 5.11 Å². The standard InChI is InChI=1S/C19H20FNO6S2/c20-16-5-1-13(2-6-16)14-3-7-17(8-4-14)29(26,27)21-18(19(22)23)15-9-11-28(24,25)12-10-15/h1-8,15,18,21H,9-12H2,(H,22,23). The van der Waals surface area contributed by atoms with Gasteiger partial charge in [-0.3, -0.25) is 4.79 Å². The SMILES string of the molecule is O=C(O)C(NS(=O)(=O)c1ccc(-c2ccc(F)cc2)cc1)C1CCS(=O)(=O)CC1. The van der Waals surface area contributed by atoms with Crippen LogP contribution in [0.4, 0.5) is 4.39 Å². The van der Waals surface area contributed by atoms with E-state index < -0.39 is 37.8 Å². The number of aliphatic carboxylic acids is 1. The molecular formula is C19H20FNO6S2. The lowest BCUT2D eigenvalue weighted by Crippen LogP contribution is -2.48. The van der Waals surface area contributed by atoms with Crippen molar-refractivity contribution in [3.63, 3.8) is 0 Å². The van der Waals surface area contributed by atoms with E-state index in [4.69, 9.17) is 0 Å². The molecule has 0 aromatic heterocycles. The molecule has 10 heteroatoms. The summed E-state index contributed by atoms with van der Waals surface area (Å²) in [5.74, 6) is -2.65. The van der Waals surface area contributed by atoms with E-state index in [2.05, 4.69) is 4.72 Å². The summed E-state index contributed by atoms with van der Waals surface area (Å²) >= 11 is 0. The summed E-state index contributed by atoms with van der Waals surface area (Å²) in [6.45, 7) is 0. The second kappa shape index (κ2) is 8.21. The van der Waals surface area contributed by atoms with E-state index in [0.717, 1.165) is 0 Å². The molecule has 1 heterocycles. The van der Waals surface area contributed by atoms with Crippen LogP contribution in [0.5, 0.6) is 0 Å². The normalized spacial score (nSPS) is 18.2. The highest BCUT2D eigenvalue weighted by molar-refractivity contribution is 7.91. The quantitative estimate of drug-likeness (QED) is 0.709. The topological polar surface area (TPSA) is 118 Å². The van der Waals surface area contributed by atoms with E-state index >= 15 is 0 Å². The minimum Gasteiger partial charge on any atom is -0.480 e. The molecule has 0 radical (unpaired) electrons. The molecule has 2 aromatic rings. The summed E-state index contributed by atoms with van der Waals surface area (Å²) in [7, 11) is -7.33. The van der Waals surface area contributed by atoms with Crippen LogP contribution in [0.1, 0.15) is 12.8 Å². The molecular weight excluding hydrogens is 421 g/mol. The molecule has 2 N–H and O–H groups in total. The van der Waals surface area contributed by atoms with Crippen molar-refractivity contribution in [1.82, 2.24) is 4.72 Å². The molecule has 7 nitrogen and oxygen atoms in total. The van der Waals surface area contributed by atoms with E-state index in [0.29, 0.717) is 11.1 Å². The van der Waals surface area contributed by atoms with Crippen LogP contribution in [-0.4, -0.2) is 45.5 Å². The minimum absolute atomic E-state index is 0.0886.